The minimum absolute atomic E-state index is 0.321. The first-order chi connectivity index (χ1) is 24.2. The zero-order valence-corrected chi connectivity index (χ0v) is 47.7. The van der Waals surface area contributed by atoms with Crippen molar-refractivity contribution < 1.29 is 49.6 Å². The van der Waals surface area contributed by atoms with Crippen LogP contribution in [0.2, 0.25) is 157 Å². The van der Waals surface area contributed by atoms with Crippen LogP contribution >= 0.6 is 0 Å². The van der Waals surface area contributed by atoms with Gasteiger partial charge in [-0.1, -0.05) is 0 Å². The van der Waals surface area contributed by atoms with Gasteiger partial charge in [0.15, 0.2) is 79.1 Å². The van der Waals surface area contributed by atoms with Crippen molar-refractivity contribution in [2.75, 3.05) is 13.2 Å². The molecule has 0 saturated carbocycles. The average molecular weight is 920 g/mol. The van der Waals surface area contributed by atoms with Gasteiger partial charge < -0.3 is 49.6 Å². The van der Waals surface area contributed by atoms with Gasteiger partial charge in [-0.3, -0.25) is 0 Å². The van der Waals surface area contributed by atoms with E-state index in [1.54, 1.807) is 0 Å². The highest BCUT2D eigenvalue weighted by molar-refractivity contribution is 6.72. The predicted octanol–water partition coefficient (Wildman–Crippen LogP) is 9.48. The van der Waals surface area contributed by atoms with Crippen LogP contribution in [0.4, 0.5) is 0 Å². The molecule has 0 N–H and O–H groups in total. The lowest BCUT2D eigenvalue weighted by Gasteiger charge is -2.54. The summed E-state index contributed by atoms with van der Waals surface area (Å²) in [7, 11) is -17.0. The fraction of sp³-hybridized carbons (Fsp3) is 1.00. The molecule has 19 heteroatoms. The topological polar surface area (TPSA) is 102 Å². The highest BCUT2D eigenvalue weighted by atomic mass is 28.4. The van der Waals surface area contributed by atoms with Gasteiger partial charge in [0.2, 0.25) is 0 Å². The summed E-state index contributed by atoms with van der Waals surface area (Å²) in [6, 6.07) is 0. The van der Waals surface area contributed by atoms with Crippen LogP contribution in [0.1, 0.15) is 0 Å². The Kier molecular flexibility index (Phi) is 18.2. The molecule has 0 bridgehead atoms. The third kappa shape index (κ3) is 20.6. The highest BCUT2D eigenvalue weighted by Gasteiger charge is 2.57. The normalized spacial score (nSPS) is 31.2. The van der Waals surface area contributed by atoms with Crippen molar-refractivity contribution in [3.8, 4) is 0 Å². The summed E-state index contributed by atoms with van der Waals surface area (Å²) in [4.78, 5) is 0. The molecule has 0 aliphatic carbocycles. The van der Waals surface area contributed by atoms with Crippen molar-refractivity contribution in [3.63, 3.8) is 0 Å². The Morgan fingerprint density at radius 1 is 0.291 bits per heavy atom. The van der Waals surface area contributed by atoms with E-state index in [4.69, 9.17) is 49.6 Å². The zero-order valence-electron chi connectivity index (χ0n) is 39.7. The molecule has 0 radical (unpaired) electrons. The third-order valence-corrected chi connectivity index (χ3v) is 15.7. The molecule has 0 aromatic rings. The Balaban J connectivity index is 2.93. The number of ether oxygens (including phenoxy) is 3. The number of hydrogen-bond donors (Lipinski definition) is 0. The summed E-state index contributed by atoms with van der Waals surface area (Å²) in [6.07, 6.45) is -5.61. The Labute approximate surface area is 346 Å². The smallest absolute Gasteiger partial charge is 0.187 e. The van der Waals surface area contributed by atoms with Gasteiger partial charge >= 0.3 is 0 Å². The van der Waals surface area contributed by atoms with E-state index in [9.17, 15) is 0 Å². The molecule has 2 aliphatic rings. The molecule has 2 saturated heterocycles. The predicted molar refractivity (Wildman–Crippen MR) is 246 cm³/mol. The van der Waals surface area contributed by atoms with Gasteiger partial charge in [-0.25, -0.2) is 0 Å². The summed E-state index contributed by atoms with van der Waals surface area (Å²) in [5.41, 5.74) is 0. The Morgan fingerprint density at radius 3 is 0.909 bits per heavy atom. The molecule has 2 aliphatic heterocycles. The maximum atomic E-state index is 7.46. The van der Waals surface area contributed by atoms with Gasteiger partial charge in [0.05, 0.1) is 13.2 Å². The molecule has 328 valence electrons. The van der Waals surface area contributed by atoms with Gasteiger partial charge in [0.1, 0.15) is 48.8 Å². The number of rotatable bonds is 20. The highest BCUT2D eigenvalue weighted by Crippen LogP contribution is 2.39. The van der Waals surface area contributed by atoms with Crippen LogP contribution in [0.3, 0.4) is 0 Å². The standard InChI is InChI=1S/C36H86O11Si8/c1-48(2,3)37-25-27-29(31(43-51(10,11)12)34(46-54(19,20)21)36(40-27)47-55(22,23)24)41-35-33(45-53(16,17)18)32(44-52(13,14)15)30(42-50(7,8)9)28(39-35)26-38-49(4,5)6/h27-36H,25-26H2,1-24H3/t27-,28-,29?,30-,31+,32+,33-,34-,35-,36+/m1/s1. The van der Waals surface area contributed by atoms with E-state index in [2.05, 4.69) is 157 Å². The van der Waals surface area contributed by atoms with Gasteiger partial charge in [0.25, 0.3) is 0 Å². The van der Waals surface area contributed by atoms with Gasteiger partial charge in [-0.2, -0.15) is 0 Å². The second kappa shape index (κ2) is 19.1. The quantitative estimate of drug-likeness (QED) is 0.109. The van der Waals surface area contributed by atoms with Gasteiger partial charge in [-0.05, 0) is 157 Å². The first kappa shape index (κ1) is 52.4. The van der Waals surface area contributed by atoms with E-state index in [0.29, 0.717) is 13.2 Å². The lowest BCUT2D eigenvalue weighted by atomic mass is 9.97. The van der Waals surface area contributed by atoms with E-state index in [1.165, 1.54) is 0 Å². The fourth-order valence-corrected chi connectivity index (χ4v) is 13.9. The van der Waals surface area contributed by atoms with Crippen LogP contribution in [0.25, 0.3) is 0 Å². The molecule has 0 aromatic heterocycles. The lowest BCUT2D eigenvalue weighted by Crippen LogP contribution is -2.70. The Morgan fingerprint density at radius 2 is 0.564 bits per heavy atom. The van der Waals surface area contributed by atoms with Crippen LogP contribution in [-0.4, -0.2) is 141 Å². The average Bonchev–Trinajstić information content (AvgIpc) is 2.88. The SMILES string of the molecule is C[Si](C)(C)OC[C@H]1O[C@@H](O[Si](C)(C)C)[C@H](O[Si](C)(C)C)[C@@H](O[Si](C)(C)C)C1O[C@H]1O[C@H](CO[Si](C)(C)C)[C@@H](O[Si](C)(C)C)[C@H](O[Si](C)(C)C)[C@H]1O[Si](C)(C)C. The largest absolute Gasteiger partial charge is 0.415 e. The molecule has 0 aromatic carbocycles. The molecule has 1 unspecified atom stereocenters. The second-order valence-electron chi connectivity index (χ2n) is 23.2. The number of hydrogen-bond acceptors (Lipinski definition) is 11. The van der Waals surface area contributed by atoms with Crippen LogP contribution in [0.5, 0.6) is 0 Å². The minimum atomic E-state index is -2.23. The summed E-state index contributed by atoms with van der Waals surface area (Å²) in [5, 5.41) is 0. The van der Waals surface area contributed by atoms with Crippen LogP contribution in [-0.2, 0) is 49.6 Å². The molecule has 11 nitrogen and oxygen atoms in total. The Bertz CT molecular complexity index is 1180. The van der Waals surface area contributed by atoms with E-state index in [0.717, 1.165) is 0 Å². The fourth-order valence-electron chi connectivity index (χ4n) is 6.26. The molecule has 0 amide bonds. The third-order valence-electron chi connectivity index (χ3n) is 7.75. The molecule has 0 spiro atoms. The molecule has 2 heterocycles. The van der Waals surface area contributed by atoms with Crippen LogP contribution in [0.15, 0.2) is 0 Å². The van der Waals surface area contributed by atoms with Crippen molar-refractivity contribution in [1.82, 2.24) is 0 Å². The zero-order chi connectivity index (χ0) is 43.0. The molecule has 10 atom stereocenters. The summed E-state index contributed by atoms with van der Waals surface area (Å²) in [6.45, 7) is 53.5. The summed E-state index contributed by atoms with van der Waals surface area (Å²) >= 11 is 0. The van der Waals surface area contributed by atoms with E-state index < -0.39 is 128 Å². The lowest BCUT2D eigenvalue weighted by molar-refractivity contribution is -0.344. The van der Waals surface area contributed by atoms with Gasteiger partial charge in [-0.15, -0.1) is 0 Å². The first-order valence-electron chi connectivity index (χ1n) is 20.5. The van der Waals surface area contributed by atoms with Crippen molar-refractivity contribution in [2.24, 2.45) is 0 Å². The maximum absolute atomic E-state index is 7.46. The molecule has 2 rings (SSSR count). The molecule has 55 heavy (non-hydrogen) atoms. The van der Waals surface area contributed by atoms with Crippen molar-refractivity contribution in [1.29, 1.82) is 0 Å². The van der Waals surface area contributed by atoms with Gasteiger partial charge in [0, 0.05) is 0 Å². The van der Waals surface area contributed by atoms with E-state index >= 15 is 0 Å². The minimum Gasteiger partial charge on any atom is -0.415 e. The summed E-state index contributed by atoms with van der Waals surface area (Å²) < 4.78 is 77.4. The molecular formula is C36H86O11Si8. The summed E-state index contributed by atoms with van der Waals surface area (Å²) in [5.74, 6) is 0. The van der Waals surface area contributed by atoms with E-state index in [-0.39, 0.29) is 0 Å². The van der Waals surface area contributed by atoms with Crippen molar-refractivity contribution in [2.45, 2.75) is 219 Å². The van der Waals surface area contributed by atoms with E-state index in [1.807, 2.05) is 0 Å². The van der Waals surface area contributed by atoms with Crippen molar-refractivity contribution in [3.05, 3.63) is 0 Å². The first-order valence-corrected chi connectivity index (χ1v) is 47.8. The maximum Gasteiger partial charge on any atom is 0.187 e. The molecular weight excluding hydrogens is 833 g/mol. The van der Waals surface area contributed by atoms with Crippen molar-refractivity contribution >= 4 is 66.5 Å². The Hall–Kier alpha value is 1.30. The monoisotopic (exact) mass is 918 g/mol. The van der Waals surface area contributed by atoms with Crippen LogP contribution in [0, 0.1) is 0 Å². The second-order valence-corrected chi connectivity index (χ2v) is 59.0. The van der Waals surface area contributed by atoms with Crippen LogP contribution < -0.4 is 0 Å². The molecule has 2 fully saturated rings.